The molecule has 1 saturated heterocycles. The van der Waals surface area contributed by atoms with E-state index in [2.05, 4.69) is 33.9 Å². The van der Waals surface area contributed by atoms with Gasteiger partial charge in [-0.1, -0.05) is 39.0 Å². The molecule has 1 heterocycles. The van der Waals surface area contributed by atoms with Gasteiger partial charge in [0.05, 0.1) is 11.7 Å². The minimum Gasteiger partial charge on any atom is -0.459 e. The van der Waals surface area contributed by atoms with Crippen LogP contribution in [0.3, 0.4) is 0 Å². The summed E-state index contributed by atoms with van der Waals surface area (Å²) in [7, 11) is -1.99. The number of esters is 1. The zero-order chi connectivity index (χ0) is 18.0. The second kappa shape index (κ2) is 7.35. The van der Waals surface area contributed by atoms with Crippen molar-refractivity contribution >= 4 is 14.3 Å². The Morgan fingerprint density at radius 1 is 1.29 bits per heavy atom. The highest BCUT2D eigenvalue weighted by Crippen LogP contribution is 2.39. The largest absolute Gasteiger partial charge is 0.459 e. The van der Waals surface area contributed by atoms with Crippen LogP contribution >= 0.6 is 0 Å². The fraction of sp³-hybridized carbons (Fsp3) is 0.611. The zero-order valence-electron chi connectivity index (χ0n) is 15.1. The summed E-state index contributed by atoms with van der Waals surface area (Å²) in [6.45, 7) is 10.9. The van der Waals surface area contributed by atoms with E-state index in [-0.39, 0.29) is 17.7 Å². The molecule has 1 aromatic carbocycles. The second-order valence-corrected chi connectivity index (χ2v) is 12.5. The van der Waals surface area contributed by atoms with Crippen molar-refractivity contribution in [1.82, 2.24) is 0 Å². The van der Waals surface area contributed by atoms with Gasteiger partial charge in [0.25, 0.3) is 0 Å². The number of carbonyl (C=O) groups excluding carboxylic acids is 1. The fourth-order valence-corrected chi connectivity index (χ4v) is 3.70. The molecule has 1 aromatic rings. The van der Waals surface area contributed by atoms with Crippen molar-refractivity contribution in [2.24, 2.45) is 0 Å². The van der Waals surface area contributed by atoms with E-state index in [9.17, 15) is 9.90 Å². The molecule has 2 rings (SSSR count). The molecular formula is C18H28O5Si. The van der Waals surface area contributed by atoms with Crippen LogP contribution < -0.4 is 0 Å². The predicted molar refractivity (Wildman–Crippen MR) is 94.3 cm³/mol. The number of hydrogen-bond donors (Lipinski definition) is 1. The van der Waals surface area contributed by atoms with Gasteiger partial charge in [-0.25, -0.2) is 4.79 Å². The molecule has 1 aliphatic rings. The van der Waals surface area contributed by atoms with Crippen molar-refractivity contribution in [3.05, 3.63) is 35.9 Å². The standard InChI is InChI=1S/C18H28O5Si/c1-18(2,3)24(4,5)23-14-11-16(19)22-15(14)12-21-17(20)13-9-7-6-8-10-13/h6-10,14-16,19H,11-12H2,1-5H3/t14-,15+,16?/m0/s1. The van der Waals surface area contributed by atoms with E-state index < -0.39 is 26.7 Å². The minimum absolute atomic E-state index is 0.0613. The van der Waals surface area contributed by atoms with Gasteiger partial charge < -0.3 is 19.0 Å². The Balaban J connectivity index is 1.97. The van der Waals surface area contributed by atoms with Crippen LogP contribution in [-0.4, -0.2) is 44.5 Å². The van der Waals surface area contributed by atoms with Crippen LogP contribution in [0.25, 0.3) is 0 Å². The van der Waals surface area contributed by atoms with Gasteiger partial charge >= 0.3 is 5.97 Å². The van der Waals surface area contributed by atoms with Gasteiger partial charge in [0.2, 0.25) is 0 Å². The lowest BCUT2D eigenvalue weighted by atomic mass is 10.2. The minimum atomic E-state index is -1.99. The van der Waals surface area contributed by atoms with E-state index in [1.807, 2.05) is 6.07 Å². The predicted octanol–water partition coefficient (Wildman–Crippen LogP) is 3.34. The summed E-state index contributed by atoms with van der Waals surface area (Å²) in [5.41, 5.74) is 0.498. The Kier molecular flexibility index (Phi) is 5.85. The van der Waals surface area contributed by atoms with Crippen LogP contribution in [-0.2, 0) is 13.9 Å². The van der Waals surface area contributed by atoms with Crippen molar-refractivity contribution in [2.45, 2.75) is 63.8 Å². The maximum Gasteiger partial charge on any atom is 0.338 e. The first-order valence-electron chi connectivity index (χ1n) is 8.34. The van der Waals surface area contributed by atoms with E-state index >= 15 is 0 Å². The number of carbonyl (C=O) groups is 1. The van der Waals surface area contributed by atoms with Crippen molar-refractivity contribution in [2.75, 3.05) is 6.61 Å². The van der Waals surface area contributed by atoms with E-state index in [4.69, 9.17) is 13.9 Å². The Labute approximate surface area is 145 Å². The van der Waals surface area contributed by atoms with Gasteiger partial charge in [-0.05, 0) is 30.3 Å². The Morgan fingerprint density at radius 2 is 1.92 bits per heavy atom. The van der Waals surface area contributed by atoms with E-state index in [0.717, 1.165) is 0 Å². The molecule has 24 heavy (non-hydrogen) atoms. The van der Waals surface area contributed by atoms with E-state index in [1.54, 1.807) is 24.3 Å². The van der Waals surface area contributed by atoms with Crippen LogP contribution in [0.15, 0.2) is 30.3 Å². The normalized spacial score (nSPS) is 24.8. The average molecular weight is 353 g/mol. The summed E-state index contributed by atoms with van der Waals surface area (Å²) in [6, 6.07) is 8.83. The van der Waals surface area contributed by atoms with Crippen LogP contribution in [0.1, 0.15) is 37.6 Å². The summed E-state index contributed by atoms with van der Waals surface area (Å²) < 4.78 is 17.2. The molecule has 0 aliphatic carbocycles. The first-order chi connectivity index (χ1) is 11.1. The lowest BCUT2D eigenvalue weighted by Crippen LogP contribution is -2.46. The third-order valence-electron chi connectivity index (χ3n) is 4.82. The molecule has 0 spiro atoms. The molecular weight excluding hydrogens is 324 g/mol. The van der Waals surface area contributed by atoms with Crippen LogP contribution in [0.2, 0.25) is 18.1 Å². The maximum absolute atomic E-state index is 12.1. The highest BCUT2D eigenvalue weighted by Gasteiger charge is 2.44. The summed E-state index contributed by atoms with van der Waals surface area (Å²) in [5, 5.41) is 9.89. The number of aliphatic hydroxyl groups excluding tert-OH is 1. The van der Waals surface area contributed by atoms with Crippen molar-refractivity contribution in [1.29, 1.82) is 0 Å². The lowest BCUT2D eigenvalue weighted by molar-refractivity contribution is -0.108. The molecule has 134 valence electrons. The summed E-state index contributed by atoms with van der Waals surface area (Å²) in [4.78, 5) is 12.1. The number of rotatable bonds is 5. The highest BCUT2D eigenvalue weighted by molar-refractivity contribution is 6.74. The van der Waals surface area contributed by atoms with Gasteiger partial charge in [0.15, 0.2) is 14.6 Å². The van der Waals surface area contributed by atoms with Gasteiger partial charge in [-0.15, -0.1) is 0 Å². The first kappa shape index (κ1) is 19.1. The van der Waals surface area contributed by atoms with Crippen LogP contribution in [0.5, 0.6) is 0 Å². The van der Waals surface area contributed by atoms with E-state index in [1.165, 1.54) is 0 Å². The first-order valence-corrected chi connectivity index (χ1v) is 11.2. The Morgan fingerprint density at radius 3 is 2.50 bits per heavy atom. The molecule has 1 unspecified atom stereocenters. The molecule has 3 atom stereocenters. The molecule has 0 bridgehead atoms. The second-order valence-electron chi connectivity index (χ2n) is 7.75. The smallest absolute Gasteiger partial charge is 0.338 e. The Hall–Kier alpha value is -1.21. The Bertz CT molecular complexity index is 552. The quantitative estimate of drug-likeness (QED) is 0.650. The molecule has 6 heteroatoms. The molecule has 0 radical (unpaired) electrons. The molecule has 0 amide bonds. The van der Waals surface area contributed by atoms with Gasteiger partial charge in [0.1, 0.15) is 12.7 Å². The summed E-state index contributed by atoms with van der Waals surface area (Å²) in [6.07, 6.45) is -1.17. The monoisotopic (exact) mass is 352 g/mol. The van der Waals surface area contributed by atoms with Crippen molar-refractivity contribution in [3.63, 3.8) is 0 Å². The molecule has 5 nitrogen and oxygen atoms in total. The van der Waals surface area contributed by atoms with Gasteiger partial charge in [0, 0.05) is 6.42 Å². The highest BCUT2D eigenvalue weighted by atomic mass is 28.4. The third kappa shape index (κ3) is 4.66. The molecule has 1 aliphatic heterocycles. The lowest BCUT2D eigenvalue weighted by Gasteiger charge is -2.39. The molecule has 0 aromatic heterocycles. The van der Waals surface area contributed by atoms with Gasteiger partial charge in [-0.3, -0.25) is 0 Å². The van der Waals surface area contributed by atoms with Crippen LogP contribution in [0, 0.1) is 0 Å². The topological polar surface area (TPSA) is 65.0 Å². The van der Waals surface area contributed by atoms with Crippen LogP contribution in [0.4, 0.5) is 0 Å². The number of ether oxygens (including phenoxy) is 2. The third-order valence-corrected chi connectivity index (χ3v) is 9.33. The average Bonchev–Trinajstić information content (AvgIpc) is 2.83. The molecule has 1 fully saturated rings. The maximum atomic E-state index is 12.1. The van der Waals surface area contributed by atoms with Crippen molar-refractivity contribution < 1.29 is 23.8 Å². The number of aliphatic hydroxyl groups is 1. The SMILES string of the molecule is CC(C)(C)[Si](C)(C)O[C@H]1CC(O)O[C@@H]1COC(=O)c1ccccc1. The molecule has 1 N–H and O–H groups in total. The zero-order valence-corrected chi connectivity index (χ0v) is 16.1. The van der Waals surface area contributed by atoms with Gasteiger partial charge in [-0.2, -0.15) is 0 Å². The summed E-state index contributed by atoms with van der Waals surface area (Å²) >= 11 is 0. The molecule has 0 saturated carbocycles. The fourth-order valence-electron chi connectivity index (χ4n) is 2.34. The van der Waals surface area contributed by atoms with Crippen molar-refractivity contribution in [3.8, 4) is 0 Å². The van der Waals surface area contributed by atoms with E-state index in [0.29, 0.717) is 12.0 Å². The number of benzene rings is 1. The number of hydrogen-bond acceptors (Lipinski definition) is 5. The summed E-state index contributed by atoms with van der Waals surface area (Å²) in [5.74, 6) is -0.397.